The van der Waals surface area contributed by atoms with Crippen LogP contribution in [0.25, 0.3) is 0 Å². The zero-order chi connectivity index (χ0) is 13.8. The van der Waals surface area contributed by atoms with Crippen LogP contribution in [0.1, 0.15) is 19.3 Å². The zero-order valence-electron chi connectivity index (χ0n) is 9.85. The number of carbonyl (C=O) groups excluding carboxylic acids is 2. The van der Waals surface area contributed by atoms with E-state index in [2.05, 4.69) is 5.32 Å². The highest BCUT2D eigenvalue weighted by atomic mass is 16.5. The van der Waals surface area contributed by atoms with Gasteiger partial charge in [-0.3, -0.25) is 9.59 Å². The molecule has 0 unspecified atom stereocenters. The first-order valence-corrected chi connectivity index (χ1v) is 5.54. The van der Waals surface area contributed by atoms with Gasteiger partial charge < -0.3 is 26.6 Å². The van der Waals surface area contributed by atoms with E-state index in [0.29, 0.717) is 26.1 Å². The highest BCUT2D eigenvalue weighted by Crippen LogP contribution is 2.18. The lowest BCUT2D eigenvalue weighted by molar-refractivity contribution is -0.144. The number of primary amides is 1. The summed E-state index contributed by atoms with van der Waals surface area (Å²) < 4.78 is 5.08. The number of hydrogen-bond acceptors (Lipinski definition) is 5. The van der Waals surface area contributed by atoms with Gasteiger partial charge in [0.05, 0.1) is 12.0 Å². The lowest BCUT2D eigenvalue weighted by Crippen LogP contribution is -2.60. The third-order valence-corrected chi connectivity index (χ3v) is 2.85. The van der Waals surface area contributed by atoms with Crippen LogP contribution in [0.3, 0.4) is 0 Å². The number of nitrogens with two attached hydrogens (primary N) is 2. The minimum absolute atomic E-state index is 0.307. The Balaban J connectivity index is 2.65. The number of hydrogen-bond donors (Lipinski definition) is 4. The standard InChI is InChI=1S/C10H17N3O5/c11-7(14)5-6(8(15)16)13-9(17)10(12)1-3-18-4-2-10/h6H,1-5,12H2,(H2,11,14)(H,13,17)(H,15,16)/t6-/m1/s1. The van der Waals surface area contributed by atoms with Gasteiger partial charge in [-0.1, -0.05) is 0 Å². The summed E-state index contributed by atoms with van der Waals surface area (Å²) in [4.78, 5) is 33.5. The number of ether oxygens (including phenoxy) is 1. The number of carboxylic acids is 1. The van der Waals surface area contributed by atoms with Crippen LogP contribution in [0.2, 0.25) is 0 Å². The Morgan fingerprint density at radius 2 is 1.89 bits per heavy atom. The molecule has 0 aromatic heterocycles. The molecule has 1 atom stereocenters. The lowest BCUT2D eigenvalue weighted by Gasteiger charge is -2.32. The summed E-state index contributed by atoms with van der Waals surface area (Å²) >= 11 is 0. The topological polar surface area (TPSA) is 145 Å². The Hall–Kier alpha value is -1.67. The predicted molar refractivity (Wildman–Crippen MR) is 60.3 cm³/mol. The van der Waals surface area contributed by atoms with Gasteiger partial charge in [-0.2, -0.15) is 0 Å². The summed E-state index contributed by atoms with van der Waals surface area (Å²) in [5.74, 6) is -2.72. The molecule has 0 aromatic rings. The molecule has 0 spiro atoms. The predicted octanol–water partition coefficient (Wildman–Crippen LogP) is -2.06. The molecule has 1 aliphatic heterocycles. The van der Waals surface area contributed by atoms with Crippen LogP contribution in [0.5, 0.6) is 0 Å². The van der Waals surface area contributed by atoms with Gasteiger partial charge in [-0.05, 0) is 12.8 Å². The molecular weight excluding hydrogens is 242 g/mol. The number of aliphatic carboxylic acids is 1. The molecule has 0 saturated carbocycles. The lowest BCUT2D eigenvalue weighted by atomic mass is 9.90. The third kappa shape index (κ3) is 3.67. The molecule has 18 heavy (non-hydrogen) atoms. The summed E-state index contributed by atoms with van der Waals surface area (Å²) in [6, 6.07) is -1.35. The minimum atomic E-state index is -1.35. The van der Waals surface area contributed by atoms with Gasteiger partial charge in [0.1, 0.15) is 6.04 Å². The second-order valence-corrected chi connectivity index (χ2v) is 4.30. The van der Waals surface area contributed by atoms with E-state index in [1.165, 1.54) is 0 Å². The van der Waals surface area contributed by atoms with E-state index in [4.69, 9.17) is 21.3 Å². The number of carboxylic acid groups (broad SMARTS) is 1. The van der Waals surface area contributed by atoms with Crippen molar-refractivity contribution in [2.24, 2.45) is 11.5 Å². The number of amides is 2. The van der Waals surface area contributed by atoms with Gasteiger partial charge in [0, 0.05) is 13.2 Å². The minimum Gasteiger partial charge on any atom is -0.480 e. The molecule has 0 bridgehead atoms. The molecular formula is C10H17N3O5. The monoisotopic (exact) mass is 259 g/mol. The SMILES string of the molecule is NC(=O)C[C@@H](NC(=O)C1(N)CCOCC1)C(=O)O. The van der Waals surface area contributed by atoms with Crippen LogP contribution >= 0.6 is 0 Å². The van der Waals surface area contributed by atoms with Crippen molar-refractivity contribution in [3.63, 3.8) is 0 Å². The van der Waals surface area contributed by atoms with Gasteiger partial charge in [0.15, 0.2) is 0 Å². The van der Waals surface area contributed by atoms with Gasteiger partial charge in [0.25, 0.3) is 0 Å². The average molecular weight is 259 g/mol. The molecule has 1 heterocycles. The van der Waals surface area contributed by atoms with E-state index in [0.717, 1.165) is 0 Å². The van der Waals surface area contributed by atoms with Gasteiger partial charge in [-0.15, -0.1) is 0 Å². The van der Waals surface area contributed by atoms with Crippen molar-refractivity contribution in [3.05, 3.63) is 0 Å². The molecule has 1 fully saturated rings. The first-order valence-electron chi connectivity index (χ1n) is 5.54. The van der Waals surface area contributed by atoms with Crippen molar-refractivity contribution in [1.82, 2.24) is 5.32 Å². The maximum absolute atomic E-state index is 11.9. The third-order valence-electron chi connectivity index (χ3n) is 2.85. The first-order chi connectivity index (χ1) is 8.35. The van der Waals surface area contributed by atoms with Crippen molar-refractivity contribution in [3.8, 4) is 0 Å². The zero-order valence-corrected chi connectivity index (χ0v) is 9.85. The Kier molecular flexibility index (Phi) is 4.62. The molecule has 0 aliphatic carbocycles. The number of carbonyl (C=O) groups is 3. The van der Waals surface area contributed by atoms with Gasteiger partial charge in [0.2, 0.25) is 11.8 Å². The number of rotatable bonds is 5. The van der Waals surface area contributed by atoms with Crippen LogP contribution in [0.4, 0.5) is 0 Å². The van der Waals surface area contributed by atoms with Gasteiger partial charge >= 0.3 is 5.97 Å². The molecule has 1 rings (SSSR count). The molecule has 102 valence electrons. The normalized spacial score (nSPS) is 19.8. The van der Waals surface area contributed by atoms with Crippen molar-refractivity contribution in [2.45, 2.75) is 30.8 Å². The molecule has 8 heteroatoms. The van der Waals surface area contributed by atoms with Crippen molar-refractivity contribution in [1.29, 1.82) is 0 Å². The maximum Gasteiger partial charge on any atom is 0.326 e. The Labute approximate surface area is 104 Å². The molecule has 6 N–H and O–H groups in total. The smallest absolute Gasteiger partial charge is 0.326 e. The summed E-state index contributed by atoms with van der Waals surface area (Å²) in [6.07, 6.45) is 0.150. The maximum atomic E-state index is 11.9. The van der Waals surface area contributed by atoms with Crippen LogP contribution in [0.15, 0.2) is 0 Å². The van der Waals surface area contributed by atoms with E-state index >= 15 is 0 Å². The van der Waals surface area contributed by atoms with Crippen molar-refractivity contribution in [2.75, 3.05) is 13.2 Å². The fourth-order valence-corrected chi connectivity index (χ4v) is 1.67. The molecule has 8 nitrogen and oxygen atoms in total. The highest BCUT2D eigenvalue weighted by molar-refractivity contribution is 5.92. The first kappa shape index (κ1) is 14.4. The summed E-state index contributed by atoms with van der Waals surface area (Å²) in [5.41, 5.74) is 9.64. The fourth-order valence-electron chi connectivity index (χ4n) is 1.67. The van der Waals surface area contributed by atoms with Crippen LogP contribution in [-0.2, 0) is 19.1 Å². The van der Waals surface area contributed by atoms with Crippen molar-refractivity contribution >= 4 is 17.8 Å². The average Bonchev–Trinajstić information content (AvgIpc) is 2.28. The van der Waals surface area contributed by atoms with Crippen LogP contribution < -0.4 is 16.8 Å². The summed E-state index contributed by atoms with van der Waals surface area (Å²) in [7, 11) is 0. The Bertz CT molecular complexity index is 351. The Morgan fingerprint density at radius 3 is 2.33 bits per heavy atom. The van der Waals surface area contributed by atoms with E-state index in [1.54, 1.807) is 0 Å². The fraction of sp³-hybridized carbons (Fsp3) is 0.700. The van der Waals surface area contributed by atoms with Gasteiger partial charge in [-0.25, -0.2) is 4.79 Å². The Morgan fingerprint density at radius 1 is 1.33 bits per heavy atom. The summed E-state index contributed by atoms with van der Waals surface area (Å²) in [5, 5.41) is 11.1. The summed E-state index contributed by atoms with van der Waals surface area (Å²) in [6.45, 7) is 0.689. The molecule has 0 radical (unpaired) electrons. The highest BCUT2D eigenvalue weighted by Gasteiger charge is 2.38. The molecule has 1 aliphatic rings. The molecule has 1 saturated heterocycles. The molecule has 2 amide bonds. The quantitative estimate of drug-likeness (QED) is 0.446. The van der Waals surface area contributed by atoms with Crippen molar-refractivity contribution < 1.29 is 24.2 Å². The molecule has 0 aromatic carbocycles. The van der Waals surface area contributed by atoms with E-state index in [9.17, 15) is 14.4 Å². The van der Waals surface area contributed by atoms with E-state index in [-0.39, 0.29) is 0 Å². The van der Waals surface area contributed by atoms with Crippen LogP contribution in [0, 0.1) is 0 Å². The second kappa shape index (κ2) is 5.78. The largest absolute Gasteiger partial charge is 0.480 e. The van der Waals surface area contributed by atoms with E-state index in [1.807, 2.05) is 0 Å². The van der Waals surface area contributed by atoms with E-state index < -0.39 is 35.8 Å². The van der Waals surface area contributed by atoms with Crippen LogP contribution in [-0.4, -0.2) is 47.7 Å². The number of nitrogens with one attached hydrogen (secondary N) is 1. The second-order valence-electron chi connectivity index (χ2n) is 4.30.